The van der Waals surface area contributed by atoms with Crippen LogP contribution in [0.1, 0.15) is 45.0 Å². The second-order valence-electron chi connectivity index (χ2n) is 6.19. The van der Waals surface area contributed by atoms with Crippen molar-refractivity contribution in [2.75, 3.05) is 5.32 Å². The highest BCUT2D eigenvalue weighted by molar-refractivity contribution is 5.89. The summed E-state index contributed by atoms with van der Waals surface area (Å²) < 4.78 is 7.31. The van der Waals surface area contributed by atoms with Crippen molar-refractivity contribution < 1.29 is 9.21 Å². The first-order valence-electron chi connectivity index (χ1n) is 7.32. The second kappa shape index (κ2) is 6.21. The lowest BCUT2D eigenvalue weighted by Gasteiger charge is -2.13. The fraction of sp³-hybridized carbons (Fsp3) is 0.533. The fourth-order valence-corrected chi connectivity index (χ4v) is 1.96. The molecule has 0 aliphatic rings. The molecule has 7 nitrogen and oxygen atoms in total. The molecule has 2 rings (SSSR count). The zero-order valence-corrected chi connectivity index (χ0v) is 13.7. The smallest absolute Gasteiger partial charge is 0.319 e. The van der Waals surface area contributed by atoms with Gasteiger partial charge in [-0.1, -0.05) is 27.7 Å². The van der Waals surface area contributed by atoms with E-state index >= 15 is 0 Å². The van der Waals surface area contributed by atoms with Crippen molar-refractivity contribution in [3.63, 3.8) is 0 Å². The van der Waals surface area contributed by atoms with Gasteiger partial charge in [0.25, 0.3) is 0 Å². The first-order chi connectivity index (χ1) is 10.3. The molecular formula is C15H23N5O2. The molecule has 120 valence electrons. The number of urea groups is 1. The van der Waals surface area contributed by atoms with Crippen molar-refractivity contribution in [1.29, 1.82) is 0 Å². The van der Waals surface area contributed by atoms with Crippen LogP contribution in [0.3, 0.4) is 0 Å². The van der Waals surface area contributed by atoms with Crippen LogP contribution in [0.15, 0.2) is 16.8 Å². The standard InChI is InChI=1S/C15H23N5O2/c1-6-10-11(9-20(5)19-10)18-14(21)17-8-13-16-7-12(22-13)15(2,3)4/h7,9H,6,8H2,1-5H3,(H2,17,18,21). The summed E-state index contributed by atoms with van der Waals surface area (Å²) in [6, 6.07) is -0.307. The van der Waals surface area contributed by atoms with E-state index in [-0.39, 0.29) is 18.0 Å². The Balaban J connectivity index is 1.91. The summed E-state index contributed by atoms with van der Waals surface area (Å²) in [7, 11) is 1.82. The number of anilines is 1. The molecule has 0 aliphatic carbocycles. The average molecular weight is 305 g/mol. The van der Waals surface area contributed by atoms with Crippen molar-refractivity contribution in [3.05, 3.63) is 29.7 Å². The van der Waals surface area contributed by atoms with Gasteiger partial charge in [0.05, 0.1) is 24.1 Å². The minimum absolute atomic E-state index is 0.0980. The number of nitrogens with zero attached hydrogens (tertiary/aromatic N) is 3. The van der Waals surface area contributed by atoms with Gasteiger partial charge < -0.3 is 15.1 Å². The summed E-state index contributed by atoms with van der Waals surface area (Å²) in [5.74, 6) is 1.28. The minimum atomic E-state index is -0.307. The van der Waals surface area contributed by atoms with Gasteiger partial charge >= 0.3 is 6.03 Å². The summed E-state index contributed by atoms with van der Waals surface area (Å²) in [6.45, 7) is 8.38. The van der Waals surface area contributed by atoms with Crippen LogP contribution >= 0.6 is 0 Å². The van der Waals surface area contributed by atoms with Crippen LogP contribution in [-0.2, 0) is 25.4 Å². The fourth-order valence-electron chi connectivity index (χ4n) is 1.96. The summed E-state index contributed by atoms with van der Waals surface area (Å²) in [5, 5.41) is 9.79. The Morgan fingerprint density at radius 3 is 2.73 bits per heavy atom. The van der Waals surface area contributed by atoms with Gasteiger partial charge in [0.1, 0.15) is 5.76 Å². The van der Waals surface area contributed by atoms with E-state index in [1.165, 1.54) is 0 Å². The van der Waals surface area contributed by atoms with Crippen molar-refractivity contribution in [3.8, 4) is 0 Å². The first-order valence-corrected chi connectivity index (χ1v) is 7.32. The maximum absolute atomic E-state index is 11.9. The molecule has 0 saturated heterocycles. The molecule has 2 N–H and O–H groups in total. The molecule has 0 radical (unpaired) electrons. The summed E-state index contributed by atoms with van der Waals surface area (Å²) in [6.07, 6.45) is 4.23. The number of hydrogen-bond donors (Lipinski definition) is 2. The van der Waals surface area contributed by atoms with Gasteiger partial charge in [-0.2, -0.15) is 5.10 Å². The summed E-state index contributed by atoms with van der Waals surface area (Å²) >= 11 is 0. The normalized spacial score (nSPS) is 11.5. The summed E-state index contributed by atoms with van der Waals surface area (Å²) in [5.41, 5.74) is 1.47. The maximum Gasteiger partial charge on any atom is 0.319 e. The van der Waals surface area contributed by atoms with E-state index in [9.17, 15) is 4.79 Å². The molecule has 0 fully saturated rings. The van der Waals surface area contributed by atoms with E-state index in [0.717, 1.165) is 17.9 Å². The number of amides is 2. The molecule has 0 aromatic carbocycles. The highest BCUT2D eigenvalue weighted by Gasteiger charge is 2.19. The number of aryl methyl sites for hydroxylation is 2. The predicted molar refractivity (Wildman–Crippen MR) is 83.6 cm³/mol. The van der Waals surface area contributed by atoms with Crippen LogP contribution in [0.25, 0.3) is 0 Å². The van der Waals surface area contributed by atoms with Crippen LogP contribution in [0.2, 0.25) is 0 Å². The number of carbonyl (C=O) groups excluding carboxylic acids is 1. The Kier molecular flexibility index (Phi) is 4.54. The molecule has 0 aliphatic heterocycles. The number of nitrogens with one attached hydrogen (secondary N) is 2. The Morgan fingerprint density at radius 2 is 2.14 bits per heavy atom. The van der Waals surface area contributed by atoms with Crippen LogP contribution in [0, 0.1) is 0 Å². The average Bonchev–Trinajstić information content (AvgIpc) is 3.02. The molecule has 22 heavy (non-hydrogen) atoms. The Hall–Kier alpha value is -2.31. The lowest BCUT2D eigenvalue weighted by atomic mass is 9.94. The van der Waals surface area contributed by atoms with E-state index < -0.39 is 0 Å². The van der Waals surface area contributed by atoms with Gasteiger partial charge in [0.2, 0.25) is 5.89 Å². The number of hydrogen-bond acceptors (Lipinski definition) is 4. The van der Waals surface area contributed by atoms with E-state index in [4.69, 9.17) is 4.42 Å². The number of oxazole rings is 1. The maximum atomic E-state index is 11.9. The molecule has 0 atom stereocenters. The van der Waals surface area contributed by atoms with E-state index in [0.29, 0.717) is 11.6 Å². The van der Waals surface area contributed by atoms with Crippen molar-refractivity contribution >= 4 is 11.7 Å². The van der Waals surface area contributed by atoms with Crippen LogP contribution < -0.4 is 10.6 Å². The van der Waals surface area contributed by atoms with Gasteiger partial charge in [0.15, 0.2) is 0 Å². The molecule has 2 amide bonds. The highest BCUT2D eigenvalue weighted by Crippen LogP contribution is 2.22. The molecular weight excluding hydrogens is 282 g/mol. The molecule has 2 heterocycles. The quantitative estimate of drug-likeness (QED) is 0.909. The van der Waals surface area contributed by atoms with E-state index in [1.807, 2.05) is 34.7 Å². The predicted octanol–water partition coefficient (Wildman–Crippen LogP) is 2.59. The largest absolute Gasteiger partial charge is 0.443 e. The third-order valence-electron chi connectivity index (χ3n) is 3.18. The zero-order valence-electron chi connectivity index (χ0n) is 13.7. The number of aromatic nitrogens is 3. The lowest BCUT2D eigenvalue weighted by molar-refractivity contribution is 0.250. The number of rotatable bonds is 4. The summed E-state index contributed by atoms with van der Waals surface area (Å²) in [4.78, 5) is 16.1. The van der Waals surface area contributed by atoms with Gasteiger partial charge in [-0.3, -0.25) is 4.68 Å². The van der Waals surface area contributed by atoms with Crippen LogP contribution in [-0.4, -0.2) is 20.8 Å². The first kappa shape index (κ1) is 16.1. The monoisotopic (exact) mass is 305 g/mol. The molecule has 0 bridgehead atoms. The number of carbonyl (C=O) groups is 1. The Labute approximate surface area is 130 Å². The Morgan fingerprint density at radius 1 is 1.41 bits per heavy atom. The Bertz CT molecular complexity index is 651. The van der Waals surface area contributed by atoms with Crippen molar-refractivity contribution in [1.82, 2.24) is 20.1 Å². The lowest BCUT2D eigenvalue weighted by Crippen LogP contribution is -2.28. The van der Waals surface area contributed by atoms with Gasteiger partial charge in [0, 0.05) is 18.7 Å². The second-order valence-corrected chi connectivity index (χ2v) is 6.19. The highest BCUT2D eigenvalue weighted by atomic mass is 16.4. The minimum Gasteiger partial charge on any atom is -0.443 e. The third kappa shape index (κ3) is 3.87. The van der Waals surface area contributed by atoms with Crippen molar-refractivity contribution in [2.24, 2.45) is 7.05 Å². The molecule has 0 unspecified atom stereocenters. The van der Waals surface area contributed by atoms with Gasteiger partial charge in [-0.05, 0) is 6.42 Å². The molecule has 7 heteroatoms. The van der Waals surface area contributed by atoms with Gasteiger partial charge in [-0.25, -0.2) is 9.78 Å². The van der Waals surface area contributed by atoms with Crippen LogP contribution in [0.5, 0.6) is 0 Å². The zero-order chi connectivity index (χ0) is 16.3. The molecule has 2 aromatic heterocycles. The topological polar surface area (TPSA) is 85.0 Å². The van der Waals surface area contributed by atoms with E-state index in [2.05, 4.69) is 20.7 Å². The molecule has 2 aromatic rings. The third-order valence-corrected chi connectivity index (χ3v) is 3.18. The van der Waals surface area contributed by atoms with Gasteiger partial charge in [-0.15, -0.1) is 0 Å². The van der Waals surface area contributed by atoms with E-state index in [1.54, 1.807) is 17.1 Å². The SMILES string of the molecule is CCc1nn(C)cc1NC(=O)NCc1ncc(C(C)(C)C)o1. The van der Waals surface area contributed by atoms with Crippen molar-refractivity contribution in [2.45, 2.75) is 46.1 Å². The molecule has 0 saturated carbocycles. The van der Waals surface area contributed by atoms with Crippen LogP contribution in [0.4, 0.5) is 10.5 Å². The molecule has 0 spiro atoms.